The zero-order valence-electron chi connectivity index (χ0n) is 12.2. The summed E-state index contributed by atoms with van der Waals surface area (Å²) in [6.45, 7) is 6.06. The molecule has 3 rings (SSSR count). The lowest BCUT2D eigenvalue weighted by Gasteiger charge is -2.16. The SMILES string of the molecule is Cc1cc(C)cc(O[C@@H](C)c2ccnc3nc(N)nn23)c1. The lowest BCUT2D eigenvalue weighted by atomic mass is 10.1. The van der Waals surface area contributed by atoms with E-state index in [0.717, 1.165) is 11.4 Å². The Hall–Kier alpha value is -2.63. The Labute approximate surface area is 122 Å². The molecule has 6 heteroatoms. The number of nitrogens with two attached hydrogens (primary N) is 1. The maximum Gasteiger partial charge on any atom is 0.254 e. The lowest BCUT2D eigenvalue weighted by molar-refractivity contribution is 0.218. The molecule has 0 bridgehead atoms. The summed E-state index contributed by atoms with van der Waals surface area (Å²) < 4.78 is 7.64. The summed E-state index contributed by atoms with van der Waals surface area (Å²) in [6, 6.07) is 7.99. The Morgan fingerprint density at radius 2 is 1.90 bits per heavy atom. The Morgan fingerprint density at radius 3 is 2.62 bits per heavy atom. The van der Waals surface area contributed by atoms with E-state index in [2.05, 4.69) is 21.1 Å². The van der Waals surface area contributed by atoms with Crippen LogP contribution in [0.3, 0.4) is 0 Å². The van der Waals surface area contributed by atoms with Gasteiger partial charge in [0, 0.05) is 6.20 Å². The molecule has 2 aromatic heterocycles. The molecule has 1 aromatic carbocycles. The van der Waals surface area contributed by atoms with E-state index in [1.807, 2.05) is 39.0 Å². The molecule has 0 saturated carbocycles. The highest BCUT2D eigenvalue weighted by Crippen LogP contribution is 2.23. The fraction of sp³-hybridized carbons (Fsp3) is 0.267. The number of fused-ring (bicyclic) bond motifs is 1. The predicted octanol–water partition coefficient (Wildman–Crippen LogP) is 2.46. The van der Waals surface area contributed by atoms with Crippen LogP contribution in [0, 0.1) is 13.8 Å². The second-order valence-corrected chi connectivity index (χ2v) is 5.14. The van der Waals surface area contributed by atoms with Crippen molar-refractivity contribution < 1.29 is 4.74 Å². The van der Waals surface area contributed by atoms with Gasteiger partial charge in [0.2, 0.25) is 5.95 Å². The summed E-state index contributed by atoms with van der Waals surface area (Å²) in [4.78, 5) is 8.19. The van der Waals surface area contributed by atoms with Gasteiger partial charge in [0.05, 0.1) is 5.69 Å². The Bertz CT molecular complexity index is 776. The highest BCUT2D eigenvalue weighted by Gasteiger charge is 2.14. The predicted molar refractivity (Wildman–Crippen MR) is 80.2 cm³/mol. The van der Waals surface area contributed by atoms with Gasteiger partial charge >= 0.3 is 0 Å². The third kappa shape index (κ3) is 2.65. The largest absolute Gasteiger partial charge is 0.484 e. The maximum atomic E-state index is 6.02. The molecule has 0 aliphatic carbocycles. The van der Waals surface area contributed by atoms with E-state index in [0.29, 0.717) is 5.78 Å². The van der Waals surface area contributed by atoms with E-state index in [1.54, 1.807) is 10.7 Å². The number of nitrogens with zero attached hydrogens (tertiary/aromatic N) is 4. The van der Waals surface area contributed by atoms with Crippen LogP contribution < -0.4 is 10.5 Å². The Balaban J connectivity index is 1.95. The highest BCUT2D eigenvalue weighted by molar-refractivity contribution is 5.36. The van der Waals surface area contributed by atoms with Crippen LogP contribution in [0.2, 0.25) is 0 Å². The molecule has 2 N–H and O–H groups in total. The smallest absolute Gasteiger partial charge is 0.254 e. The van der Waals surface area contributed by atoms with Crippen molar-refractivity contribution in [2.45, 2.75) is 26.9 Å². The van der Waals surface area contributed by atoms with Gasteiger partial charge in [-0.25, -0.2) is 4.98 Å². The van der Waals surface area contributed by atoms with E-state index in [4.69, 9.17) is 10.5 Å². The molecule has 0 saturated heterocycles. The van der Waals surface area contributed by atoms with Crippen molar-refractivity contribution in [2.24, 2.45) is 0 Å². The molecule has 3 aromatic rings. The first-order valence-electron chi connectivity index (χ1n) is 6.75. The van der Waals surface area contributed by atoms with Crippen LogP contribution in [0.15, 0.2) is 30.5 Å². The zero-order valence-corrected chi connectivity index (χ0v) is 12.2. The molecule has 6 nitrogen and oxygen atoms in total. The number of aryl methyl sites for hydroxylation is 2. The number of hydrogen-bond acceptors (Lipinski definition) is 5. The average Bonchev–Trinajstić information content (AvgIpc) is 2.77. The molecule has 1 atom stereocenters. The Morgan fingerprint density at radius 1 is 1.19 bits per heavy atom. The van der Waals surface area contributed by atoms with Crippen LogP contribution in [0.1, 0.15) is 29.8 Å². The van der Waals surface area contributed by atoms with Crippen molar-refractivity contribution in [3.8, 4) is 5.75 Å². The minimum absolute atomic E-state index is 0.196. The van der Waals surface area contributed by atoms with E-state index < -0.39 is 0 Å². The minimum Gasteiger partial charge on any atom is -0.484 e. The van der Waals surface area contributed by atoms with Crippen molar-refractivity contribution in [1.82, 2.24) is 19.6 Å². The van der Waals surface area contributed by atoms with Gasteiger partial charge in [0.1, 0.15) is 11.9 Å². The number of rotatable bonds is 3. The summed E-state index contributed by atoms with van der Waals surface area (Å²) in [5.41, 5.74) is 8.82. The van der Waals surface area contributed by atoms with Crippen molar-refractivity contribution in [1.29, 1.82) is 0 Å². The third-order valence-electron chi connectivity index (χ3n) is 3.21. The minimum atomic E-state index is -0.196. The molecule has 0 spiro atoms. The first kappa shape index (κ1) is 13.4. The molecule has 0 fully saturated rings. The van der Waals surface area contributed by atoms with E-state index in [1.165, 1.54) is 11.1 Å². The molecule has 21 heavy (non-hydrogen) atoms. The number of ether oxygens (including phenoxy) is 1. The Kier molecular flexibility index (Phi) is 3.21. The summed E-state index contributed by atoms with van der Waals surface area (Å²) in [5.74, 6) is 1.51. The standard InChI is InChI=1S/C15H17N5O/c1-9-6-10(2)8-12(7-9)21-11(3)13-4-5-17-15-18-14(16)19-20(13)15/h4-8,11H,1-3H3,(H2,16,19)/t11-/m0/s1. The van der Waals surface area contributed by atoms with Crippen molar-refractivity contribution in [3.63, 3.8) is 0 Å². The van der Waals surface area contributed by atoms with E-state index in [9.17, 15) is 0 Å². The maximum absolute atomic E-state index is 6.02. The molecule has 2 heterocycles. The number of nitrogen functional groups attached to an aromatic ring is 1. The first-order valence-corrected chi connectivity index (χ1v) is 6.75. The summed E-state index contributed by atoms with van der Waals surface area (Å²) in [7, 11) is 0. The van der Waals surface area contributed by atoms with Gasteiger partial charge in [-0.05, 0) is 50.1 Å². The number of benzene rings is 1. The normalized spacial score (nSPS) is 12.5. The second kappa shape index (κ2) is 5.05. The van der Waals surface area contributed by atoms with Gasteiger partial charge < -0.3 is 10.5 Å². The zero-order chi connectivity index (χ0) is 15.0. The summed E-state index contributed by atoms with van der Waals surface area (Å²) in [6.07, 6.45) is 1.48. The van der Waals surface area contributed by atoms with Crippen LogP contribution >= 0.6 is 0 Å². The van der Waals surface area contributed by atoms with Crippen molar-refractivity contribution >= 4 is 11.7 Å². The third-order valence-corrected chi connectivity index (χ3v) is 3.21. The highest BCUT2D eigenvalue weighted by atomic mass is 16.5. The molecule has 0 unspecified atom stereocenters. The van der Waals surface area contributed by atoms with Crippen LogP contribution in [0.5, 0.6) is 5.75 Å². The molecule has 108 valence electrons. The van der Waals surface area contributed by atoms with Gasteiger partial charge in [0.25, 0.3) is 5.78 Å². The average molecular weight is 283 g/mol. The molecular formula is C15H17N5O. The topological polar surface area (TPSA) is 78.3 Å². The van der Waals surface area contributed by atoms with Crippen molar-refractivity contribution in [2.75, 3.05) is 5.73 Å². The number of hydrogen-bond donors (Lipinski definition) is 1. The first-order chi connectivity index (χ1) is 10.0. The fourth-order valence-corrected chi connectivity index (χ4v) is 2.40. The van der Waals surface area contributed by atoms with Gasteiger partial charge in [-0.3, -0.25) is 0 Å². The van der Waals surface area contributed by atoms with Gasteiger partial charge in [0.15, 0.2) is 0 Å². The van der Waals surface area contributed by atoms with Crippen LogP contribution in [-0.4, -0.2) is 19.6 Å². The van der Waals surface area contributed by atoms with Crippen LogP contribution in [0.25, 0.3) is 5.78 Å². The monoisotopic (exact) mass is 283 g/mol. The molecule has 0 amide bonds. The molecule has 0 aliphatic rings. The van der Waals surface area contributed by atoms with Crippen LogP contribution in [-0.2, 0) is 0 Å². The van der Waals surface area contributed by atoms with Gasteiger partial charge in [-0.15, -0.1) is 5.10 Å². The molecule has 0 radical (unpaired) electrons. The molecular weight excluding hydrogens is 266 g/mol. The quantitative estimate of drug-likeness (QED) is 0.798. The molecule has 0 aliphatic heterocycles. The second-order valence-electron chi connectivity index (χ2n) is 5.14. The van der Waals surface area contributed by atoms with E-state index >= 15 is 0 Å². The van der Waals surface area contributed by atoms with Gasteiger partial charge in [-0.1, -0.05) is 6.07 Å². The van der Waals surface area contributed by atoms with E-state index in [-0.39, 0.29) is 12.1 Å². The number of anilines is 1. The summed E-state index contributed by atoms with van der Waals surface area (Å²) >= 11 is 0. The van der Waals surface area contributed by atoms with Crippen molar-refractivity contribution in [3.05, 3.63) is 47.3 Å². The van der Waals surface area contributed by atoms with Gasteiger partial charge in [-0.2, -0.15) is 9.50 Å². The fourth-order valence-electron chi connectivity index (χ4n) is 2.40. The number of aromatic nitrogens is 4. The van der Waals surface area contributed by atoms with Crippen LogP contribution in [0.4, 0.5) is 5.95 Å². The summed E-state index contributed by atoms with van der Waals surface area (Å²) in [5, 5.41) is 4.15. The lowest BCUT2D eigenvalue weighted by Crippen LogP contribution is -2.10.